The maximum absolute atomic E-state index is 12.7. The lowest BCUT2D eigenvalue weighted by Gasteiger charge is -2.33. The molecule has 0 bridgehead atoms. The molecule has 5 nitrogen and oxygen atoms in total. The van der Waals surface area contributed by atoms with Gasteiger partial charge in [0.1, 0.15) is 11.5 Å². The van der Waals surface area contributed by atoms with Crippen molar-refractivity contribution in [1.29, 1.82) is 0 Å². The zero-order valence-electron chi connectivity index (χ0n) is 16.3. The summed E-state index contributed by atoms with van der Waals surface area (Å²) in [4.78, 5) is 28.4. The number of aryl methyl sites for hydroxylation is 1. The third-order valence-corrected chi connectivity index (χ3v) is 5.16. The third kappa shape index (κ3) is 4.99. The maximum atomic E-state index is 12.7. The Hall–Kier alpha value is -2.77. The minimum absolute atomic E-state index is 0.000632. The molecule has 0 unspecified atom stereocenters. The van der Waals surface area contributed by atoms with Gasteiger partial charge in [-0.1, -0.05) is 0 Å². The molecule has 0 radical (unpaired) electrons. The van der Waals surface area contributed by atoms with Crippen LogP contribution in [-0.4, -0.2) is 41.8 Å². The van der Waals surface area contributed by atoms with Crippen LogP contribution in [0.4, 0.5) is 13.2 Å². The van der Waals surface area contributed by atoms with Gasteiger partial charge in [0.2, 0.25) is 5.91 Å². The second-order valence-electron chi connectivity index (χ2n) is 7.35. The van der Waals surface area contributed by atoms with Crippen molar-refractivity contribution in [3.8, 4) is 0 Å². The highest BCUT2D eigenvalue weighted by Crippen LogP contribution is 2.29. The molecule has 156 valence electrons. The molecule has 2 heterocycles. The molecular weight excluding hydrogens is 385 g/mol. The van der Waals surface area contributed by atoms with E-state index in [2.05, 4.69) is 0 Å². The van der Waals surface area contributed by atoms with E-state index in [0.29, 0.717) is 38.2 Å². The van der Waals surface area contributed by atoms with Gasteiger partial charge in [-0.15, -0.1) is 0 Å². The van der Waals surface area contributed by atoms with Crippen LogP contribution in [0.25, 0.3) is 0 Å². The van der Waals surface area contributed by atoms with Gasteiger partial charge in [-0.05, 0) is 56.2 Å². The second-order valence-corrected chi connectivity index (χ2v) is 7.35. The largest absolute Gasteiger partial charge is 0.464 e. The van der Waals surface area contributed by atoms with E-state index in [0.717, 1.165) is 17.9 Å². The maximum Gasteiger partial charge on any atom is 0.416 e. The van der Waals surface area contributed by atoms with Gasteiger partial charge < -0.3 is 14.2 Å². The van der Waals surface area contributed by atoms with Crippen molar-refractivity contribution in [2.75, 3.05) is 20.1 Å². The summed E-state index contributed by atoms with van der Waals surface area (Å²) in [5.74, 6) is 1.00. The molecule has 1 saturated heterocycles. The summed E-state index contributed by atoms with van der Waals surface area (Å²) in [6.07, 6.45) is -3.39. The average Bonchev–Trinajstić information content (AvgIpc) is 3.11. The predicted molar refractivity (Wildman–Crippen MR) is 100.0 cm³/mol. The predicted octanol–water partition coefficient (Wildman–Crippen LogP) is 4.12. The number of carbonyl (C=O) groups excluding carboxylic acids is 2. The Morgan fingerprint density at radius 3 is 2.24 bits per heavy atom. The van der Waals surface area contributed by atoms with Crippen molar-refractivity contribution in [1.82, 2.24) is 9.80 Å². The lowest BCUT2D eigenvalue weighted by molar-refractivity contribution is -0.137. The van der Waals surface area contributed by atoms with Crippen molar-refractivity contribution in [3.63, 3.8) is 0 Å². The van der Waals surface area contributed by atoms with Gasteiger partial charge in [0.15, 0.2) is 0 Å². The number of rotatable bonds is 4. The zero-order valence-corrected chi connectivity index (χ0v) is 16.3. The Kier molecular flexibility index (Phi) is 6.00. The Morgan fingerprint density at radius 1 is 1.10 bits per heavy atom. The van der Waals surface area contributed by atoms with Gasteiger partial charge in [0.05, 0.1) is 12.1 Å². The SMILES string of the molecule is Cc1ccc(CN(C)C(=O)C2CCN(C(=O)c3ccc(C(F)(F)F)cc3)CC2)o1. The number of benzene rings is 1. The van der Waals surface area contributed by atoms with Gasteiger partial charge in [-0.2, -0.15) is 13.2 Å². The van der Waals surface area contributed by atoms with E-state index in [9.17, 15) is 22.8 Å². The molecule has 1 aromatic carbocycles. The van der Waals surface area contributed by atoms with E-state index >= 15 is 0 Å². The number of likely N-dealkylation sites (tertiary alicyclic amines) is 1. The van der Waals surface area contributed by atoms with E-state index in [-0.39, 0.29) is 23.3 Å². The molecule has 8 heteroatoms. The van der Waals surface area contributed by atoms with Crippen LogP contribution >= 0.6 is 0 Å². The summed E-state index contributed by atoms with van der Waals surface area (Å²) in [5.41, 5.74) is -0.568. The van der Waals surface area contributed by atoms with Crippen LogP contribution in [-0.2, 0) is 17.5 Å². The van der Waals surface area contributed by atoms with Gasteiger partial charge >= 0.3 is 6.18 Å². The number of hydrogen-bond acceptors (Lipinski definition) is 3. The fraction of sp³-hybridized carbons (Fsp3) is 0.429. The zero-order chi connectivity index (χ0) is 21.2. The number of halogens is 3. The van der Waals surface area contributed by atoms with Gasteiger partial charge in [0.25, 0.3) is 5.91 Å². The molecule has 0 N–H and O–H groups in total. The van der Waals surface area contributed by atoms with Crippen molar-refractivity contribution in [2.24, 2.45) is 5.92 Å². The molecule has 1 aromatic heterocycles. The first kappa shape index (κ1) is 21.0. The molecule has 3 rings (SSSR count). The number of nitrogens with zero attached hydrogens (tertiary/aromatic N) is 2. The molecule has 1 aliphatic heterocycles. The quantitative estimate of drug-likeness (QED) is 0.765. The van der Waals surface area contributed by atoms with E-state index in [1.807, 2.05) is 19.1 Å². The smallest absolute Gasteiger partial charge is 0.416 e. The van der Waals surface area contributed by atoms with Gasteiger partial charge in [-0.25, -0.2) is 0 Å². The van der Waals surface area contributed by atoms with Crippen molar-refractivity contribution >= 4 is 11.8 Å². The number of amides is 2. The fourth-order valence-electron chi connectivity index (χ4n) is 3.51. The average molecular weight is 408 g/mol. The Bertz CT molecular complexity index is 866. The summed E-state index contributed by atoms with van der Waals surface area (Å²) in [5, 5.41) is 0. The molecule has 0 spiro atoms. The molecular formula is C21H23F3N2O3. The van der Waals surface area contributed by atoms with E-state index in [1.54, 1.807) is 16.8 Å². The summed E-state index contributed by atoms with van der Waals surface area (Å²) in [6.45, 7) is 3.01. The molecule has 2 amide bonds. The standard InChI is InChI=1S/C21H23F3N2O3/c1-14-3-8-18(29-14)13-25(2)19(27)16-9-11-26(12-10-16)20(28)15-4-6-17(7-5-15)21(22,23)24/h3-8,16H,9-13H2,1-2H3. The van der Waals surface area contributed by atoms with Crippen molar-refractivity contribution in [3.05, 3.63) is 59.0 Å². The van der Waals surface area contributed by atoms with Gasteiger partial charge in [0, 0.05) is 31.6 Å². The lowest BCUT2D eigenvalue weighted by Crippen LogP contribution is -2.43. The highest BCUT2D eigenvalue weighted by atomic mass is 19.4. The molecule has 0 atom stereocenters. The van der Waals surface area contributed by atoms with Crippen LogP contribution in [0.1, 0.15) is 40.3 Å². The molecule has 1 fully saturated rings. The highest BCUT2D eigenvalue weighted by molar-refractivity contribution is 5.94. The molecule has 0 saturated carbocycles. The summed E-state index contributed by atoms with van der Waals surface area (Å²) >= 11 is 0. The van der Waals surface area contributed by atoms with E-state index in [4.69, 9.17) is 4.42 Å². The van der Waals surface area contributed by atoms with Crippen LogP contribution in [0, 0.1) is 12.8 Å². The topological polar surface area (TPSA) is 53.8 Å². The van der Waals surface area contributed by atoms with Crippen molar-refractivity contribution in [2.45, 2.75) is 32.5 Å². The molecule has 1 aliphatic rings. The summed E-state index contributed by atoms with van der Waals surface area (Å²) in [7, 11) is 1.72. The molecule has 29 heavy (non-hydrogen) atoms. The molecule has 0 aliphatic carbocycles. The van der Waals surface area contributed by atoms with Crippen molar-refractivity contribution < 1.29 is 27.2 Å². The minimum Gasteiger partial charge on any atom is -0.464 e. The number of alkyl halides is 3. The Balaban J connectivity index is 1.54. The first-order valence-corrected chi connectivity index (χ1v) is 9.42. The monoisotopic (exact) mass is 408 g/mol. The normalized spacial score (nSPS) is 15.4. The Morgan fingerprint density at radius 2 is 1.72 bits per heavy atom. The summed E-state index contributed by atoms with van der Waals surface area (Å²) < 4.78 is 43.5. The van der Waals surface area contributed by atoms with E-state index < -0.39 is 11.7 Å². The number of hydrogen-bond donors (Lipinski definition) is 0. The van der Waals surface area contributed by atoms with E-state index in [1.165, 1.54) is 12.1 Å². The van der Waals surface area contributed by atoms with Gasteiger partial charge in [-0.3, -0.25) is 9.59 Å². The fourth-order valence-corrected chi connectivity index (χ4v) is 3.51. The lowest BCUT2D eigenvalue weighted by atomic mass is 9.94. The van der Waals surface area contributed by atoms with Crippen LogP contribution in [0.3, 0.4) is 0 Å². The van der Waals surface area contributed by atoms with Crippen LogP contribution in [0.5, 0.6) is 0 Å². The number of piperidine rings is 1. The Labute approximate surface area is 167 Å². The first-order chi connectivity index (χ1) is 13.6. The summed E-state index contributed by atoms with van der Waals surface area (Å²) in [6, 6.07) is 7.90. The third-order valence-electron chi connectivity index (χ3n) is 5.16. The van der Waals surface area contributed by atoms with Crippen LogP contribution < -0.4 is 0 Å². The number of carbonyl (C=O) groups is 2. The first-order valence-electron chi connectivity index (χ1n) is 9.42. The second kappa shape index (κ2) is 8.31. The number of furan rings is 1. The van der Waals surface area contributed by atoms with Crippen LogP contribution in [0.2, 0.25) is 0 Å². The molecule has 2 aromatic rings. The minimum atomic E-state index is -4.43. The highest BCUT2D eigenvalue weighted by Gasteiger charge is 2.32. The van der Waals surface area contributed by atoms with Crippen LogP contribution in [0.15, 0.2) is 40.8 Å².